The van der Waals surface area contributed by atoms with Crippen molar-refractivity contribution in [2.75, 3.05) is 21.7 Å². The topological polar surface area (TPSA) is 116 Å². The predicted molar refractivity (Wildman–Crippen MR) is 171 cm³/mol. The molecule has 0 saturated carbocycles. The van der Waals surface area contributed by atoms with Gasteiger partial charge in [0.1, 0.15) is 5.70 Å². The molecule has 0 aliphatic carbocycles. The smallest absolute Gasteiger partial charge is 0.272 e. The van der Waals surface area contributed by atoms with Gasteiger partial charge in [0.15, 0.2) is 0 Å². The zero-order chi connectivity index (χ0) is 29.9. The van der Waals surface area contributed by atoms with Crippen LogP contribution in [-0.2, 0) is 14.4 Å². The van der Waals surface area contributed by atoms with Gasteiger partial charge in [-0.25, -0.2) is 0 Å². The Morgan fingerprint density at radius 3 is 2.00 bits per heavy atom. The number of amides is 4. The highest BCUT2D eigenvalue weighted by molar-refractivity contribution is 9.10. The van der Waals surface area contributed by atoms with Gasteiger partial charge >= 0.3 is 0 Å². The summed E-state index contributed by atoms with van der Waals surface area (Å²) in [6, 6.07) is 30.0. The van der Waals surface area contributed by atoms with Crippen LogP contribution in [0.15, 0.2) is 118 Å². The zero-order valence-electron chi connectivity index (χ0n) is 22.5. The summed E-state index contributed by atoms with van der Waals surface area (Å²) in [7, 11) is 0. The predicted octanol–water partition coefficient (Wildman–Crippen LogP) is 6.55. The Morgan fingerprint density at radius 1 is 0.738 bits per heavy atom. The molecule has 212 valence electrons. The largest absolute Gasteiger partial charge is 0.326 e. The van der Waals surface area contributed by atoms with E-state index in [0.29, 0.717) is 22.6 Å². The van der Waals surface area contributed by atoms with Gasteiger partial charge in [-0.1, -0.05) is 46.3 Å². The highest BCUT2D eigenvalue weighted by Crippen LogP contribution is 2.22. The summed E-state index contributed by atoms with van der Waals surface area (Å²) in [4.78, 5) is 50.4. The molecule has 0 bridgehead atoms. The third-order valence-corrected chi connectivity index (χ3v) is 7.16. The van der Waals surface area contributed by atoms with Gasteiger partial charge in [-0.15, -0.1) is 11.8 Å². The number of thioether (sulfide) groups is 1. The van der Waals surface area contributed by atoms with Crippen molar-refractivity contribution in [2.24, 2.45) is 0 Å². The van der Waals surface area contributed by atoms with Crippen LogP contribution in [0.1, 0.15) is 22.8 Å². The summed E-state index contributed by atoms with van der Waals surface area (Å²) in [5.74, 6) is -1.05. The van der Waals surface area contributed by atoms with E-state index in [1.165, 1.54) is 18.7 Å². The molecule has 0 saturated heterocycles. The third kappa shape index (κ3) is 9.46. The molecule has 0 heterocycles. The van der Waals surface area contributed by atoms with E-state index in [1.807, 2.05) is 30.3 Å². The van der Waals surface area contributed by atoms with Gasteiger partial charge in [-0.3, -0.25) is 19.2 Å². The first-order valence-electron chi connectivity index (χ1n) is 12.8. The number of nitrogens with one attached hydrogen (secondary N) is 4. The second-order valence-corrected chi connectivity index (χ2v) is 11.0. The minimum atomic E-state index is -0.483. The van der Waals surface area contributed by atoms with Crippen LogP contribution in [0.4, 0.5) is 17.1 Å². The molecule has 0 atom stereocenters. The Labute approximate surface area is 256 Å². The zero-order valence-corrected chi connectivity index (χ0v) is 24.9. The van der Waals surface area contributed by atoms with Crippen molar-refractivity contribution < 1.29 is 19.2 Å². The van der Waals surface area contributed by atoms with Crippen LogP contribution >= 0.6 is 27.7 Å². The Bertz CT molecular complexity index is 1610. The van der Waals surface area contributed by atoms with Gasteiger partial charge in [-0.2, -0.15) is 0 Å². The van der Waals surface area contributed by atoms with Crippen molar-refractivity contribution >= 4 is 74.5 Å². The second-order valence-electron chi connectivity index (χ2n) is 9.01. The Morgan fingerprint density at radius 2 is 1.36 bits per heavy atom. The van der Waals surface area contributed by atoms with Crippen molar-refractivity contribution in [2.45, 2.75) is 11.8 Å². The van der Waals surface area contributed by atoms with Crippen LogP contribution in [0, 0.1) is 0 Å². The third-order valence-electron chi connectivity index (χ3n) is 5.66. The molecule has 0 unspecified atom stereocenters. The fourth-order valence-electron chi connectivity index (χ4n) is 3.72. The number of hydrogen-bond acceptors (Lipinski definition) is 5. The highest BCUT2D eigenvalue weighted by atomic mass is 79.9. The second kappa shape index (κ2) is 14.8. The average Bonchev–Trinajstić information content (AvgIpc) is 2.97. The van der Waals surface area contributed by atoms with E-state index in [9.17, 15) is 19.2 Å². The number of benzene rings is 4. The maximum atomic E-state index is 13.2. The monoisotopic (exact) mass is 642 g/mol. The van der Waals surface area contributed by atoms with Crippen LogP contribution in [-0.4, -0.2) is 29.4 Å². The molecular weight excluding hydrogens is 616 g/mol. The molecule has 8 nitrogen and oxygen atoms in total. The van der Waals surface area contributed by atoms with Crippen molar-refractivity contribution in [3.8, 4) is 0 Å². The number of carbonyl (C=O) groups excluding carboxylic acids is 4. The molecule has 4 aromatic rings. The molecule has 4 amide bonds. The maximum absolute atomic E-state index is 13.2. The van der Waals surface area contributed by atoms with Gasteiger partial charge in [0.25, 0.3) is 11.8 Å². The molecule has 0 spiro atoms. The van der Waals surface area contributed by atoms with Crippen molar-refractivity contribution in [3.63, 3.8) is 0 Å². The van der Waals surface area contributed by atoms with Gasteiger partial charge < -0.3 is 21.3 Å². The van der Waals surface area contributed by atoms with Crippen LogP contribution in [0.25, 0.3) is 6.08 Å². The first-order valence-corrected chi connectivity index (χ1v) is 14.6. The van der Waals surface area contributed by atoms with Crippen LogP contribution in [0.3, 0.4) is 0 Å². The van der Waals surface area contributed by atoms with Gasteiger partial charge in [0.05, 0.1) is 5.75 Å². The van der Waals surface area contributed by atoms with E-state index in [4.69, 9.17) is 0 Å². The molecule has 0 radical (unpaired) electrons. The van der Waals surface area contributed by atoms with Gasteiger partial charge in [0, 0.05) is 38.9 Å². The molecule has 0 aromatic heterocycles. The molecule has 42 heavy (non-hydrogen) atoms. The van der Waals surface area contributed by atoms with Crippen molar-refractivity contribution in [1.82, 2.24) is 5.32 Å². The molecule has 0 aliphatic heterocycles. The molecule has 0 aliphatic rings. The molecule has 10 heteroatoms. The number of rotatable bonds is 10. The van der Waals surface area contributed by atoms with Crippen LogP contribution in [0.5, 0.6) is 0 Å². The maximum Gasteiger partial charge on any atom is 0.272 e. The fraction of sp³-hybridized carbons (Fsp3) is 0.0625. The Hall–Kier alpha value is -4.67. The van der Waals surface area contributed by atoms with E-state index in [-0.39, 0.29) is 23.3 Å². The summed E-state index contributed by atoms with van der Waals surface area (Å²) in [5, 5.41) is 11.0. The highest BCUT2D eigenvalue weighted by Gasteiger charge is 2.15. The molecule has 4 rings (SSSR count). The Balaban J connectivity index is 1.36. The summed E-state index contributed by atoms with van der Waals surface area (Å²) in [6.45, 7) is 1.43. The van der Waals surface area contributed by atoms with Gasteiger partial charge in [-0.05, 0) is 84.4 Å². The molecule has 0 fully saturated rings. The summed E-state index contributed by atoms with van der Waals surface area (Å²) in [6.07, 6.45) is 1.61. The first kappa shape index (κ1) is 30.3. The standard InChI is InChI=1S/C32H27BrN4O4S/c1-21(38)34-25-10-12-26(13-11-25)35-30(39)20-42-28-16-14-27(15-17-28)36-32(41)29(19-22-6-5-9-24(33)18-22)37-31(40)23-7-3-2-4-8-23/h2-19H,20H2,1H3,(H,34,38)(H,35,39)(H,36,41)(H,37,40)/b29-19-. The van der Waals surface area contributed by atoms with Crippen LogP contribution < -0.4 is 21.3 Å². The number of carbonyl (C=O) groups is 4. The van der Waals surface area contributed by atoms with E-state index < -0.39 is 11.8 Å². The first-order chi connectivity index (χ1) is 20.2. The van der Waals surface area contributed by atoms with Crippen molar-refractivity contribution in [3.05, 3.63) is 124 Å². The normalized spacial score (nSPS) is 10.9. The lowest BCUT2D eigenvalue weighted by Crippen LogP contribution is -2.30. The SMILES string of the molecule is CC(=O)Nc1ccc(NC(=O)CSc2ccc(NC(=O)/C(=C/c3cccc(Br)c3)NC(=O)c3ccccc3)cc2)cc1. The average molecular weight is 644 g/mol. The number of anilines is 3. The molecule has 4 N–H and O–H groups in total. The van der Waals surface area contributed by atoms with E-state index in [0.717, 1.165) is 14.9 Å². The van der Waals surface area contributed by atoms with Crippen LogP contribution in [0.2, 0.25) is 0 Å². The number of halogens is 1. The summed E-state index contributed by atoms with van der Waals surface area (Å²) < 4.78 is 0.840. The minimum absolute atomic E-state index is 0.0854. The number of hydrogen-bond donors (Lipinski definition) is 4. The quantitative estimate of drug-likeness (QED) is 0.116. The lowest BCUT2D eigenvalue weighted by molar-refractivity contribution is -0.114. The fourth-order valence-corrected chi connectivity index (χ4v) is 4.84. The molecule has 4 aromatic carbocycles. The minimum Gasteiger partial charge on any atom is -0.326 e. The summed E-state index contributed by atoms with van der Waals surface area (Å²) >= 11 is 4.78. The van der Waals surface area contributed by atoms with E-state index in [2.05, 4.69) is 37.2 Å². The van der Waals surface area contributed by atoms with Crippen molar-refractivity contribution in [1.29, 1.82) is 0 Å². The molecular formula is C32H27BrN4O4S. The Kier molecular flexibility index (Phi) is 10.7. The lowest BCUT2D eigenvalue weighted by atomic mass is 10.1. The van der Waals surface area contributed by atoms with E-state index in [1.54, 1.807) is 78.9 Å². The lowest BCUT2D eigenvalue weighted by Gasteiger charge is -2.12. The van der Waals surface area contributed by atoms with Gasteiger partial charge in [0.2, 0.25) is 11.8 Å². The van der Waals surface area contributed by atoms with E-state index >= 15 is 0 Å². The summed E-state index contributed by atoms with van der Waals surface area (Å²) in [5.41, 5.74) is 3.05.